The highest BCUT2D eigenvalue weighted by Crippen LogP contribution is 2.11. The van der Waals surface area contributed by atoms with Crippen LogP contribution in [0.5, 0.6) is 0 Å². The van der Waals surface area contributed by atoms with Crippen LogP contribution in [0.25, 0.3) is 0 Å². The van der Waals surface area contributed by atoms with Crippen molar-refractivity contribution in [3.63, 3.8) is 0 Å². The maximum atomic E-state index is 11.9. The summed E-state index contributed by atoms with van der Waals surface area (Å²) in [5.74, 6) is 0.251. The van der Waals surface area contributed by atoms with Crippen molar-refractivity contribution in [1.29, 1.82) is 0 Å². The van der Waals surface area contributed by atoms with Gasteiger partial charge in [-0.3, -0.25) is 9.59 Å². The summed E-state index contributed by atoms with van der Waals surface area (Å²) in [6.45, 7) is 6.47. The molecule has 0 atom stereocenters. The van der Waals surface area contributed by atoms with Crippen molar-refractivity contribution in [1.82, 2.24) is 15.0 Å². The number of aryl methyl sites for hydroxylation is 1. The normalized spacial score (nSPS) is 10.8. The van der Waals surface area contributed by atoms with Crippen molar-refractivity contribution in [3.8, 4) is 0 Å². The highest BCUT2D eigenvalue weighted by molar-refractivity contribution is 5.77. The van der Waals surface area contributed by atoms with Crippen LogP contribution in [0.4, 0.5) is 0 Å². The number of amides is 1. The van der Waals surface area contributed by atoms with Gasteiger partial charge in [-0.1, -0.05) is 19.0 Å². The van der Waals surface area contributed by atoms with Gasteiger partial charge in [0, 0.05) is 31.8 Å². The Kier molecular flexibility index (Phi) is 6.14. The maximum absolute atomic E-state index is 11.9. The summed E-state index contributed by atoms with van der Waals surface area (Å²) in [7, 11) is 0. The van der Waals surface area contributed by atoms with Gasteiger partial charge in [0.2, 0.25) is 11.8 Å². The van der Waals surface area contributed by atoms with Crippen LogP contribution >= 0.6 is 0 Å². The Labute approximate surface area is 118 Å². The minimum atomic E-state index is -0.908. The molecule has 112 valence electrons. The van der Waals surface area contributed by atoms with Gasteiger partial charge >= 0.3 is 5.97 Å². The largest absolute Gasteiger partial charge is 0.481 e. The lowest BCUT2D eigenvalue weighted by atomic mass is 10.2. The monoisotopic (exact) mass is 283 g/mol. The van der Waals surface area contributed by atoms with E-state index >= 15 is 0 Å². The Morgan fingerprint density at radius 1 is 1.35 bits per heavy atom. The quantitative estimate of drug-likeness (QED) is 0.775. The number of hydrogen-bond acceptors (Lipinski definition) is 5. The van der Waals surface area contributed by atoms with Gasteiger partial charge in [0.1, 0.15) is 0 Å². The Morgan fingerprint density at radius 2 is 2.05 bits per heavy atom. The zero-order valence-electron chi connectivity index (χ0n) is 12.1. The second kappa shape index (κ2) is 7.62. The molecular formula is C13H21N3O4. The number of carbonyl (C=O) groups is 2. The fourth-order valence-electron chi connectivity index (χ4n) is 1.67. The summed E-state index contributed by atoms with van der Waals surface area (Å²) in [6.07, 6.45) is 0.576. The number of carbonyl (C=O) groups excluding carboxylic acids is 1. The first kappa shape index (κ1) is 16.1. The maximum Gasteiger partial charge on any atom is 0.305 e. The van der Waals surface area contributed by atoms with Crippen LogP contribution in [0.3, 0.4) is 0 Å². The molecule has 20 heavy (non-hydrogen) atoms. The van der Waals surface area contributed by atoms with E-state index in [0.717, 1.165) is 0 Å². The van der Waals surface area contributed by atoms with Crippen molar-refractivity contribution in [2.75, 3.05) is 13.1 Å². The molecule has 0 fully saturated rings. The fourth-order valence-corrected chi connectivity index (χ4v) is 1.67. The van der Waals surface area contributed by atoms with Gasteiger partial charge in [0.25, 0.3) is 0 Å². The molecule has 1 heterocycles. The number of aliphatic carboxylic acids is 1. The second-order valence-electron chi connectivity index (χ2n) is 4.82. The molecule has 0 spiro atoms. The first-order valence-corrected chi connectivity index (χ1v) is 6.76. The summed E-state index contributed by atoms with van der Waals surface area (Å²) in [4.78, 5) is 28.2. The van der Waals surface area contributed by atoms with E-state index in [4.69, 9.17) is 9.63 Å². The second-order valence-corrected chi connectivity index (χ2v) is 4.82. The van der Waals surface area contributed by atoms with E-state index in [1.807, 2.05) is 20.8 Å². The van der Waals surface area contributed by atoms with Gasteiger partial charge in [-0.25, -0.2) is 0 Å². The van der Waals surface area contributed by atoms with Crippen LogP contribution in [-0.2, 0) is 16.0 Å². The standard InChI is InChI=1S/C13H21N3O4/c1-4-16(8-7-12(18)19)11(17)6-5-10-14-13(9(2)3)15-20-10/h9H,4-8H2,1-3H3,(H,18,19). The minimum Gasteiger partial charge on any atom is -0.481 e. The van der Waals surface area contributed by atoms with Crippen LogP contribution in [0, 0.1) is 0 Å². The third-order valence-corrected chi connectivity index (χ3v) is 2.88. The SMILES string of the molecule is CCN(CCC(=O)O)C(=O)CCc1nc(C(C)C)no1. The molecule has 1 aromatic heterocycles. The van der Waals surface area contributed by atoms with Crippen LogP contribution in [0.1, 0.15) is 51.2 Å². The Hall–Kier alpha value is -1.92. The van der Waals surface area contributed by atoms with Gasteiger partial charge in [-0.15, -0.1) is 0 Å². The molecule has 1 rings (SSSR count). The van der Waals surface area contributed by atoms with Crippen LogP contribution < -0.4 is 0 Å². The summed E-state index contributed by atoms with van der Waals surface area (Å²) in [5, 5.41) is 12.5. The first-order chi connectivity index (χ1) is 9.43. The molecule has 0 aliphatic rings. The Morgan fingerprint density at radius 3 is 2.55 bits per heavy atom. The van der Waals surface area contributed by atoms with E-state index in [2.05, 4.69) is 10.1 Å². The van der Waals surface area contributed by atoms with Crippen molar-refractivity contribution in [2.45, 2.75) is 46.0 Å². The molecule has 7 nitrogen and oxygen atoms in total. The minimum absolute atomic E-state index is 0.0440. The topological polar surface area (TPSA) is 96.5 Å². The van der Waals surface area contributed by atoms with Gasteiger partial charge in [0.05, 0.1) is 6.42 Å². The molecule has 0 saturated heterocycles. The van der Waals surface area contributed by atoms with Crippen molar-refractivity contribution in [3.05, 3.63) is 11.7 Å². The summed E-state index contributed by atoms with van der Waals surface area (Å²) < 4.78 is 5.06. The summed E-state index contributed by atoms with van der Waals surface area (Å²) in [5.41, 5.74) is 0. The number of carboxylic acid groups (broad SMARTS) is 1. The smallest absolute Gasteiger partial charge is 0.305 e. The fraction of sp³-hybridized carbons (Fsp3) is 0.692. The van der Waals surface area contributed by atoms with Crippen molar-refractivity contribution < 1.29 is 19.2 Å². The van der Waals surface area contributed by atoms with Gasteiger partial charge < -0.3 is 14.5 Å². The predicted molar refractivity (Wildman–Crippen MR) is 71.2 cm³/mol. The van der Waals surface area contributed by atoms with E-state index in [-0.39, 0.29) is 31.2 Å². The molecule has 0 unspecified atom stereocenters. The molecule has 0 aromatic carbocycles. The van der Waals surface area contributed by atoms with Gasteiger partial charge in [-0.2, -0.15) is 4.98 Å². The lowest BCUT2D eigenvalue weighted by Gasteiger charge is -2.19. The van der Waals surface area contributed by atoms with Crippen LogP contribution in [0.2, 0.25) is 0 Å². The number of aromatic nitrogens is 2. The molecule has 1 N–H and O–H groups in total. The predicted octanol–water partition coefficient (Wildman–Crippen LogP) is 1.45. The average Bonchev–Trinajstić information content (AvgIpc) is 2.85. The number of carboxylic acids is 1. The van der Waals surface area contributed by atoms with Gasteiger partial charge in [0.15, 0.2) is 5.82 Å². The molecule has 0 radical (unpaired) electrons. The molecular weight excluding hydrogens is 262 g/mol. The number of hydrogen-bond donors (Lipinski definition) is 1. The van der Waals surface area contributed by atoms with E-state index in [1.165, 1.54) is 4.90 Å². The van der Waals surface area contributed by atoms with Gasteiger partial charge in [-0.05, 0) is 6.92 Å². The lowest BCUT2D eigenvalue weighted by Crippen LogP contribution is -2.33. The number of rotatable bonds is 8. The molecule has 1 amide bonds. The lowest BCUT2D eigenvalue weighted by molar-refractivity contribution is -0.138. The summed E-state index contributed by atoms with van der Waals surface area (Å²) in [6, 6.07) is 0. The highest BCUT2D eigenvalue weighted by atomic mass is 16.5. The summed E-state index contributed by atoms with van der Waals surface area (Å²) >= 11 is 0. The van der Waals surface area contributed by atoms with Crippen LogP contribution in [0.15, 0.2) is 4.52 Å². The highest BCUT2D eigenvalue weighted by Gasteiger charge is 2.15. The van der Waals surface area contributed by atoms with E-state index in [9.17, 15) is 9.59 Å². The van der Waals surface area contributed by atoms with Crippen molar-refractivity contribution >= 4 is 11.9 Å². The third-order valence-electron chi connectivity index (χ3n) is 2.88. The van der Waals surface area contributed by atoms with E-state index < -0.39 is 5.97 Å². The zero-order valence-corrected chi connectivity index (χ0v) is 12.1. The molecule has 1 aromatic rings. The number of nitrogens with zero attached hydrogens (tertiary/aromatic N) is 3. The Bertz CT molecular complexity index is 456. The van der Waals surface area contributed by atoms with Crippen LogP contribution in [-0.4, -0.2) is 45.1 Å². The molecule has 0 saturated carbocycles. The van der Waals surface area contributed by atoms with E-state index in [1.54, 1.807) is 0 Å². The molecule has 0 aliphatic heterocycles. The third kappa shape index (κ3) is 4.99. The zero-order chi connectivity index (χ0) is 15.1. The molecule has 0 bridgehead atoms. The molecule has 7 heteroatoms. The van der Waals surface area contributed by atoms with Crippen molar-refractivity contribution in [2.24, 2.45) is 0 Å². The molecule has 0 aliphatic carbocycles. The van der Waals surface area contributed by atoms with E-state index in [0.29, 0.717) is 24.7 Å². The average molecular weight is 283 g/mol. The first-order valence-electron chi connectivity index (χ1n) is 6.76. The Balaban J connectivity index is 2.45.